The number of halogens is 2. The zero-order valence-electron chi connectivity index (χ0n) is 13.0. The molecule has 128 valence electrons. The fourth-order valence-electron chi connectivity index (χ4n) is 2.49. The normalized spacial score (nSPS) is 10.7. The smallest absolute Gasteiger partial charge is 0.376 e. The van der Waals surface area contributed by atoms with Crippen LogP contribution in [-0.4, -0.2) is 19.1 Å². The molecule has 6 nitrogen and oxygen atoms in total. The van der Waals surface area contributed by atoms with Crippen molar-refractivity contribution in [3.05, 3.63) is 57.7 Å². The molecule has 1 aromatic heterocycles. The summed E-state index contributed by atoms with van der Waals surface area (Å²) in [5.74, 6) is -0.873. The number of hydrogen-bond acceptors (Lipinski definition) is 4. The number of carbonyl (C=O) groups is 2. The van der Waals surface area contributed by atoms with Gasteiger partial charge in [0.15, 0.2) is 0 Å². The number of nitrogens with two attached hydrogens (primary N) is 1. The Bertz CT molecular complexity index is 986. The Morgan fingerprint density at radius 3 is 2.64 bits per heavy atom. The van der Waals surface area contributed by atoms with Crippen LogP contribution in [0.1, 0.15) is 10.6 Å². The Balaban J connectivity index is 2.34. The summed E-state index contributed by atoms with van der Waals surface area (Å²) in [6, 6.07) is 10.9. The summed E-state index contributed by atoms with van der Waals surface area (Å²) in [5.41, 5.74) is 6.60. The van der Waals surface area contributed by atoms with E-state index in [0.717, 1.165) is 4.47 Å². The zero-order valence-corrected chi connectivity index (χ0v) is 15.3. The molecule has 0 bridgehead atoms. The first-order chi connectivity index (χ1) is 11.9. The van der Waals surface area contributed by atoms with Crippen LogP contribution in [0.15, 0.2) is 51.4 Å². The molecule has 3 aromatic rings. The Morgan fingerprint density at radius 2 is 2.00 bits per heavy atom. The van der Waals surface area contributed by atoms with Crippen molar-refractivity contribution in [1.82, 2.24) is 0 Å². The topological polar surface area (TPSA) is 85.8 Å². The largest absolute Gasteiger partial charge is 0.463 e. The number of carbonyl (C=O) groups excluding carboxylic acids is 2. The highest BCUT2D eigenvalue weighted by molar-refractivity contribution is 9.10. The van der Waals surface area contributed by atoms with Crippen LogP contribution >= 0.6 is 27.5 Å². The predicted octanol–water partition coefficient (Wildman–Crippen LogP) is 4.85. The summed E-state index contributed by atoms with van der Waals surface area (Å²) in [7, 11) is 1.22. The molecule has 1 heterocycles. The number of ether oxygens (including phenoxy) is 1. The van der Waals surface area contributed by atoms with Crippen LogP contribution < -0.4 is 10.6 Å². The molecule has 2 aromatic carbocycles. The van der Waals surface area contributed by atoms with Gasteiger partial charge in [-0.1, -0.05) is 33.6 Å². The molecule has 2 amide bonds. The van der Waals surface area contributed by atoms with Gasteiger partial charge in [0.2, 0.25) is 5.76 Å². The van der Waals surface area contributed by atoms with Gasteiger partial charge in [-0.25, -0.2) is 9.59 Å². The first-order valence-electron chi connectivity index (χ1n) is 7.08. The third-order valence-electron chi connectivity index (χ3n) is 3.51. The maximum Gasteiger partial charge on any atom is 0.376 e. The van der Waals surface area contributed by atoms with Crippen molar-refractivity contribution in [2.75, 3.05) is 12.0 Å². The molecule has 0 radical (unpaired) electrons. The minimum atomic E-state index is -0.786. The van der Waals surface area contributed by atoms with Crippen LogP contribution in [0.5, 0.6) is 0 Å². The van der Waals surface area contributed by atoms with Gasteiger partial charge < -0.3 is 14.9 Å². The molecule has 0 atom stereocenters. The van der Waals surface area contributed by atoms with Gasteiger partial charge in [-0.05, 0) is 36.4 Å². The summed E-state index contributed by atoms with van der Waals surface area (Å²) in [6.07, 6.45) is 0. The van der Waals surface area contributed by atoms with Crippen LogP contribution in [0.25, 0.3) is 11.0 Å². The number of esters is 1. The van der Waals surface area contributed by atoms with Crippen LogP contribution in [0.2, 0.25) is 5.02 Å². The van der Waals surface area contributed by atoms with Gasteiger partial charge in [-0.15, -0.1) is 0 Å². The van der Waals surface area contributed by atoms with Crippen molar-refractivity contribution in [3.63, 3.8) is 0 Å². The lowest BCUT2D eigenvalue weighted by atomic mass is 10.1. The summed E-state index contributed by atoms with van der Waals surface area (Å²) in [4.78, 5) is 25.6. The van der Waals surface area contributed by atoms with E-state index >= 15 is 0 Å². The second-order valence-electron chi connectivity index (χ2n) is 5.07. The van der Waals surface area contributed by atoms with Gasteiger partial charge in [0, 0.05) is 14.9 Å². The van der Waals surface area contributed by atoms with Crippen LogP contribution in [0.3, 0.4) is 0 Å². The Kier molecular flexibility index (Phi) is 4.69. The highest BCUT2D eigenvalue weighted by atomic mass is 79.9. The van der Waals surface area contributed by atoms with Gasteiger partial charge in [-0.3, -0.25) is 4.90 Å². The fraction of sp³-hybridized carbons (Fsp3) is 0.0588. The maximum absolute atomic E-state index is 12.2. The third-order valence-corrected chi connectivity index (χ3v) is 4.23. The van der Waals surface area contributed by atoms with Crippen molar-refractivity contribution in [3.8, 4) is 0 Å². The Morgan fingerprint density at radius 1 is 1.24 bits per heavy atom. The average molecular weight is 424 g/mol. The summed E-state index contributed by atoms with van der Waals surface area (Å²) in [6.45, 7) is 0. The number of nitrogens with zero attached hydrogens (tertiary/aromatic N) is 1. The van der Waals surface area contributed by atoms with E-state index in [1.165, 1.54) is 12.0 Å². The van der Waals surface area contributed by atoms with E-state index in [1.807, 2.05) is 0 Å². The molecule has 8 heteroatoms. The standard InChI is InChI=1S/C17H12BrClN2O4/c1-24-16(22)15-14(12-8-10(19)5-6-13(12)25-15)21(17(20)23)11-4-2-3-9(18)7-11/h2-8H,1H3,(H2,20,23). The molecule has 2 N–H and O–H groups in total. The van der Waals surface area contributed by atoms with Gasteiger partial charge in [0.1, 0.15) is 11.3 Å². The molecule has 25 heavy (non-hydrogen) atoms. The third kappa shape index (κ3) is 3.20. The summed E-state index contributed by atoms with van der Waals surface area (Å²) < 4.78 is 11.1. The van der Waals surface area contributed by atoms with Crippen LogP contribution in [0, 0.1) is 0 Å². The molecular formula is C17H12BrClN2O4. The molecule has 0 spiro atoms. The molecular weight excluding hydrogens is 412 g/mol. The number of methoxy groups -OCH3 is 1. The van der Waals surface area contributed by atoms with Crippen molar-refractivity contribution in [1.29, 1.82) is 0 Å². The quantitative estimate of drug-likeness (QED) is 0.610. The number of urea groups is 1. The molecule has 0 aliphatic heterocycles. The second kappa shape index (κ2) is 6.78. The molecule has 0 saturated carbocycles. The van der Waals surface area contributed by atoms with E-state index in [0.29, 0.717) is 21.7 Å². The van der Waals surface area contributed by atoms with Crippen molar-refractivity contribution in [2.24, 2.45) is 5.73 Å². The van der Waals surface area contributed by atoms with E-state index in [-0.39, 0.29) is 11.4 Å². The number of hydrogen-bond donors (Lipinski definition) is 1. The minimum absolute atomic E-state index is 0.140. The molecule has 0 fully saturated rings. The van der Waals surface area contributed by atoms with Crippen LogP contribution in [-0.2, 0) is 4.74 Å². The fourth-order valence-corrected chi connectivity index (χ4v) is 3.05. The maximum atomic E-state index is 12.2. The lowest BCUT2D eigenvalue weighted by Crippen LogP contribution is -2.32. The minimum Gasteiger partial charge on any atom is -0.463 e. The number of rotatable bonds is 3. The number of fused-ring (bicyclic) bond motifs is 1. The lowest BCUT2D eigenvalue weighted by Gasteiger charge is -2.20. The number of furan rings is 1. The molecule has 0 saturated heterocycles. The Hall–Kier alpha value is -2.51. The molecule has 0 aliphatic carbocycles. The monoisotopic (exact) mass is 422 g/mol. The Labute approximate surface area is 156 Å². The van der Waals surface area contributed by atoms with Crippen LogP contribution in [0.4, 0.5) is 16.2 Å². The van der Waals surface area contributed by atoms with Gasteiger partial charge >= 0.3 is 12.0 Å². The predicted molar refractivity (Wildman–Crippen MR) is 98.4 cm³/mol. The number of primary amides is 1. The number of anilines is 2. The zero-order chi connectivity index (χ0) is 18.1. The number of benzene rings is 2. The molecule has 3 rings (SSSR count). The van der Waals surface area contributed by atoms with E-state index in [9.17, 15) is 9.59 Å². The second-order valence-corrected chi connectivity index (χ2v) is 6.42. The average Bonchev–Trinajstić information content (AvgIpc) is 2.93. The highest BCUT2D eigenvalue weighted by Gasteiger charge is 2.29. The SMILES string of the molecule is COC(=O)c1oc2ccc(Cl)cc2c1N(C(N)=O)c1cccc(Br)c1. The summed E-state index contributed by atoms with van der Waals surface area (Å²) in [5, 5.41) is 0.885. The van der Waals surface area contributed by atoms with E-state index < -0.39 is 12.0 Å². The van der Waals surface area contributed by atoms with Gasteiger partial charge in [0.05, 0.1) is 12.8 Å². The van der Waals surface area contributed by atoms with Crippen molar-refractivity contribution < 1.29 is 18.7 Å². The van der Waals surface area contributed by atoms with Gasteiger partial charge in [-0.2, -0.15) is 0 Å². The van der Waals surface area contributed by atoms with Gasteiger partial charge in [0.25, 0.3) is 0 Å². The molecule has 0 unspecified atom stereocenters. The van der Waals surface area contributed by atoms with Crippen molar-refractivity contribution >= 4 is 61.9 Å². The highest BCUT2D eigenvalue weighted by Crippen LogP contribution is 2.40. The summed E-state index contributed by atoms with van der Waals surface area (Å²) >= 11 is 9.42. The van der Waals surface area contributed by atoms with E-state index in [4.69, 9.17) is 26.5 Å². The molecule has 0 aliphatic rings. The number of amides is 2. The first kappa shape index (κ1) is 17.3. The lowest BCUT2D eigenvalue weighted by molar-refractivity contribution is 0.0569. The van der Waals surface area contributed by atoms with Crippen molar-refractivity contribution in [2.45, 2.75) is 0 Å². The van der Waals surface area contributed by atoms with E-state index in [2.05, 4.69) is 15.9 Å². The van der Waals surface area contributed by atoms with E-state index in [1.54, 1.807) is 42.5 Å². The first-order valence-corrected chi connectivity index (χ1v) is 8.25.